The summed E-state index contributed by atoms with van der Waals surface area (Å²) in [5.74, 6) is 1.54. The highest BCUT2D eigenvalue weighted by Crippen LogP contribution is 2.23. The number of hydrogen-bond donors (Lipinski definition) is 0. The van der Waals surface area contributed by atoms with E-state index in [2.05, 4.69) is 32.3 Å². The molecule has 0 spiro atoms. The van der Waals surface area contributed by atoms with E-state index in [1.54, 1.807) is 18.7 Å². The van der Waals surface area contributed by atoms with Crippen molar-refractivity contribution < 1.29 is 4.74 Å². The highest BCUT2D eigenvalue weighted by Gasteiger charge is 2.09. The number of nitrogens with zero attached hydrogens (tertiary/aromatic N) is 5. The lowest BCUT2D eigenvalue weighted by atomic mass is 10.2. The van der Waals surface area contributed by atoms with E-state index in [0.717, 1.165) is 39.4 Å². The SMILES string of the molecule is c1ccc2nc(COc3ccc(-c4nncn4-c4ccncc4)cc3)ccc2c1. The van der Waals surface area contributed by atoms with Gasteiger partial charge in [0.15, 0.2) is 5.82 Å². The average molecular weight is 379 g/mol. The minimum absolute atomic E-state index is 0.414. The van der Waals surface area contributed by atoms with Gasteiger partial charge in [0.25, 0.3) is 0 Å². The molecule has 0 saturated heterocycles. The summed E-state index contributed by atoms with van der Waals surface area (Å²) in [5, 5.41) is 9.43. The number of pyridine rings is 2. The van der Waals surface area contributed by atoms with E-state index < -0.39 is 0 Å². The minimum Gasteiger partial charge on any atom is -0.487 e. The summed E-state index contributed by atoms with van der Waals surface area (Å²) in [7, 11) is 0. The first-order chi connectivity index (χ1) is 14.4. The Morgan fingerprint density at radius 2 is 1.66 bits per heavy atom. The summed E-state index contributed by atoms with van der Waals surface area (Å²) in [5.41, 5.74) is 3.78. The van der Waals surface area contributed by atoms with Crippen molar-refractivity contribution in [3.8, 4) is 22.8 Å². The van der Waals surface area contributed by atoms with Crippen molar-refractivity contribution in [3.05, 3.63) is 97.2 Å². The summed E-state index contributed by atoms with van der Waals surface area (Å²) in [4.78, 5) is 8.70. The van der Waals surface area contributed by atoms with Crippen molar-refractivity contribution in [1.82, 2.24) is 24.7 Å². The molecular formula is C23H17N5O. The molecule has 0 fully saturated rings. The van der Waals surface area contributed by atoms with Gasteiger partial charge in [-0.1, -0.05) is 24.3 Å². The van der Waals surface area contributed by atoms with Crippen LogP contribution in [0.3, 0.4) is 0 Å². The molecule has 0 aliphatic carbocycles. The molecular weight excluding hydrogens is 362 g/mol. The Kier molecular flexibility index (Phi) is 4.42. The average Bonchev–Trinajstić information content (AvgIpc) is 3.28. The van der Waals surface area contributed by atoms with Crippen molar-refractivity contribution in [3.63, 3.8) is 0 Å². The lowest BCUT2D eigenvalue weighted by Crippen LogP contribution is -1.99. The Labute approximate surface area is 167 Å². The summed E-state index contributed by atoms with van der Waals surface area (Å²) in [6, 6.07) is 23.8. The molecule has 0 aliphatic heterocycles. The van der Waals surface area contributed by atoms with E-state index in [0.29, 0.717) is 6.61 Å². The maximum atomic E-state index is 5.91. The van der Waals surface area contributed by atoms with Gasteiger partial charge in [-0.3, -0.25) is 9.55 Å². The summed E-state index contributed by atoms with van der Waals surface area (Å²) >= 11 is 0. The molecule has 0 radical (unpaired) electrons. The fourth-order valence-electron chi connectivity index (χ4n) is 3.17. The first kappa shape index (κ1) is 17.1. The third-order valence-electron chi connectivity index (χ3n) is 4.64. The van der Waals surface area contributed by atoms with Gasteiger partial charge in [-0.05, 0) is 48.5 Å². The molecule has 6 nitrogen and oxygen atoms in total. The topological polar surface area (TPSA) is 65.7 Å². The van der Waals surface area contributed by atoms with Crippen LogP contribution >= 0.6 is 0 Å². The molecule has 0 amide bonds. The van der Waals surface area contributed by atoms with Crippen LogP contribution in [0.15, 0.2) is 91.5 Å². The second-order valence-electron chi connectivity index (χ2n) is 6.54. The molecule has 0 saturated carbocycles. The molecule has 0 aliphatic rings. The van der Waals surface area contributed by atoms with Crippen LogP contribution < -0.4 is 4.74 Å². The molecule has 29 heavy (non-hydrogen) atoms. The van der Waals surface area contributed by atoms with Crippen molar-refractivity contribution in [2.75, 3.05) is 0 Å². The molecule has 0 atom stereocenters. The lowest BCUT2D eigenvalue weighted by Gasteiger charge is -2.09. The maximum absolute atomic E-state index is 5.91. The van der Waals surface area contributed by atoms with Crippen LogP contribution in [0.5, 0.6) is 5.75 Å². The van der Waals surface area contributed by atoms with E-state index in [-0.39, 0.29) is 0 Å². The molecule has 5 aromatic rings. The first-order valence-electron chi connectivity index (χ1n) is 9.25. The van der Waals surface area contributed by atoms with E-state index in [9.17, 15) is 0 Å². The second-order valence-corrected chi connectivity index (χ2v) is 6.54. The second kappa shape index (κ2) is 7.52. The zero-order chi connectivity index (χ0) is 19.5. The van der Waals surface area contributed by atoms with Crippen LogP contribution in [0.25, 0.3) is 28.0 Å². The predicted octanol–water partition coefficient (Wildman–Crippen LogP) is 4.46. The fraction of sp³-hybridized carbons (Fsp3) is 0.0435. The van der Waals surface area contributed by atoms with E-state index >= 15 is 0 Å². The van der Waals surface area contributed by atoms with Crippen molar-refractivity contribution >= 4 is 10.9 Å². The van der Waals surface area contributed by atoms with Crippen LogP contribution in [0.2, 0.25) is 0 Å². The highest BCUT2D eigenvalue weighted by molar-refractivity contribution is 5.78. The standard InChI is InChI=1S/C23H17N5O/c1-2-4-22-17(3-1)5-8-19(26-22)15-29-21-9-6-18(7-10-21)23-27-25-16-28(23)20-11-13-24-14-12-20/h1-14,16H,15H2. The molecule has 5 rings (SSSR count). The highest BCUT2D eigenvalue weighted by atomic mass is 16.5. The van der Waals surface area contributed by atoms with Gasteiger partial charge in [0, 0.05) is 23.3 Å². The monoisotopic (exact) mass is 379 g/mol. The first-order valence-corrected chi connectivity index (χ1v) is 9.25. The van der Waals surface area contributed by atoms with Crippen LogP contribution in [0.1, 0.15) is 5.69 Å². The predicted molar refractivity (Wildman–Crippen MR) is 111 cm³/mol. The molecule has 140 valence electrons. The number of hydrogen-bond acceptors (Lipinski definition) is 5. The zero-order valence-corrected chi connectivity index (χ0v) is 15.5. The normalized spacial score (nSPS) is 10.9. The molecule has 3 aromatic heterocycles. The Hall–Kier alpha value is -4.06. The number of ether oxygens (including phenoxy) is 1. The largest absolute Gasteiger partial charge is 0.487 e. The van der Waals surface area contributed by atoms with Crippen molar-refractivity contribution in [2.24, 2.45) is 0 Å². The van der Waals surface area contributed by atoms with Gasteiger partial charge >= 0.3 is 0 Å². The van der Waals surface area contributed by atoms with E-state index in [4.69, 9.17) is 4.74 Å². The smallest absolute Gasteiger partial charge is 0.168 e. The fourth-order valence-corrected chi connectivity index (χ4v) is 3.17. The molecule has 3 heterocycles. The van der Waals surface area contributed by atoms with Crippen LogP contribution in [0.4, 0.5) is 0 Å². The van der Waals surface area contributed by atoms with Gasteiger partial charge < -0.3 is 4.74 Å². The summed E-state index contributed by atoms with van der Waals surface area (Å²) in [6.45, 7) is 0.414. The Bertz CT molecular complexity index is 1250. The molecule has 0 N–H and O–H groups in total. The number of para-hydroxylation sites is 1. The molecule has 0 bridgehead atoms. The van der Waals surface area contributed by atoms with Gasteiger partial charge in [-0.25, -0.2) is 4.98 Å². The summed E-state index contributed by atoms with van der Waals surface area (Å²) in [6.07, 6.45) is 5.19. The third kappa shape index (κ3) is 3.55. The van der Waals surface area contributed by atoms with Crippen molar-refractivity contribution in [2.45, 2.75) is 6.61 Å². The summed E-state index contributed by atoms with van der Waals surface area (Å²) < 4.78 is 7.84. The maximum Gasteiger partial charge on any atom is 0.168 e. The van der Waals surface area contributed by atoms with Gasteiger partial charge in [0.05, 0.1) is 16.9 Å². The minimum atomic E-state index is 0.414. The lowest BCUT2D eigenvalue weighted by molar-refractivity contribution is 0.302. The quantitative estimate of drug-likeness (QED) is 0.451. The molecule has 0 unspecified atom stereocenters. The van der Waals surface area contributed by atoms with Gasteiger partial charge in [0.2, 0.25) is 0 Å². The number of fused-ring (bicyclic) bond motifs is 1. The number of benzene rings is 2. The van der Waals surface area contributed by atoms with E-state index in [1.165, 1.54) is 0 Å². The van der Waals surface area contributed by atoms with E-state index in [1.807, 2.05) is 65.2 Å². The van der Waals surface area contributed by atoms with Gasteiger partial charge in [-0.2, -0.15) is 0 Å². The molecule has 6 heteroatoms. The zero-order valence-electron chi connectivity index (χ0n) is 15.5. The number of aromatic nitrogens is 5. The van der Waals surface area contributed by atoms with Crippen LogP contribution in [0, 0.1) is 0 Å². The van der Waals surface area contributed by atoms with Gasteiger partial charge in [-0.15, -0.1) is 10.2 Å². The molecule has 2 aromatic carbocycles. The number of rotatable bonds is 5. The Morgan fingerprint density at radius 1 is 0.828 bits per heavy atom. The van der Waals surface area contributed by atoms with Gasteiger partial charge in [0.1, 0.15) is 18.7 Å². The van der Waals surface area contributed by atoms with Crippen LogP contribution in [-0.4, -0.2) is 24.7 Å². The van der Waals surface area contributed by atoms with Crippen LogP contribution in [-0.2, 0) is 6.61 Å². The third-order valence-corrected chi connectivity index (χ3v) is 4.64. The Morgan fingerprint density at radius 3 is 2.52 bits per heavy atom. The van der Waals surface area contributed by atoms with Crippen molar-refractivity contribution in [1.29, 1.82) is 0 Å². The Balaban J connectivity index is 1.32.